The van der Waals surface area contributed by atoms with Gasteiger partial charge in [-0.25, -0.2) is 4.79 Å². The molecule has 0 saturated heterocycles. The molecule has 24 heavy (non-hydrogen) atoms. The smallest absolute Gasteiger partial charge is 0.354 e. The number of hydrazone groups is 1. The molecule has 1 aliphatic rings. The molecule has 1 N–H and O–H groups in total. The van der Waals surface area contributed by atoms with Crippen molar-refractivity contribution in [1.82, 2.24) is 5.01 Å². The third-order valence-electron chi connectivity index (χ3n) is 4.15. The molecule has 1 heterocycles. The quantitative estimate of drug-likeness (QED) is 0.863. The minimum atomic E-state index is -1.60. The van der Waals surface area contributed by atoms with Crippen molar-refractivity contribution in [3.05, 3.63) is 35.4 Å². The van der Waals surface area contributed by atoms with E-state index in [2.05, 4.69) is 5.10 Å². The number of ether oxygens (including phenoxy) is 1. The Bertz CT molecular complexity index is 691. The van der Waals surface area contributed by atoms with Crippen molar-refractivity contribution in [2.24, 2.45) is 10.5 Å². The summed E-state index contributed by atoms with van der Waals surface area (Å²) in [5.41, 5.74) is -0.920. The molecule has 6 heteroatoms. The van der Waals surface area contributed by atoms with E-state index in [1.54, 1.807) is 45.9 Å². The molecule has 0 unspecified atom stereocenters. The van der Waals surface area contributed by atoms with Crippen LogP contribution in [0, 0.1) is 12.3 Å². The van der Waals surface area contributed by atoms with Crippen LogP contribution in [-0.4, -0.2) is 40.0 Å². The molecule has 0 radical (unpaired) electrons. The van der Waals surface area contributed by atoms with Gasteiger partial charge in [0.05, 0.1) is 6.61 Å². The molecule has 0 spiro atoms. The highest BCUT2D eigenvalue weighted by molar-refractivity contribution is 6.37. The first-order chi connectivity index (χ1) is 11.1. The third-order valence-corrected chi connectivity index (χ3v) is 4.15. The molecule has 1 amide bonds. The van der Waals surface area contributed by atoms with Crippen LogP contribution >= 0.6 is 0 Å². The first kappa shape index (κ1) is 18.1. The lowest BCUT2D eigenvalue weighted by Gasteiger charge is -2.41. The number of carbonyl (C=O) groups excluding carboxylic acids is 2. The van der Waals surface area contributed by atoms with Crippen molar-refractivity contribution in [3.63, 3.8) is 0 Å². The summed E-state index contributed by atoms with van der Waals surface area (Å²) in [5.74, 6) is -1.06. The second kappa shape index (κ2) is 6.36. The van der Waals surface area contributed by atoms with Crippen molar-refractivity contribution in [1.29, 1.82) is 0 Å². The number of esters is 1. The molecule has 6 nitrogen and oxygen atoms in total. The van der Waals surface area contributed by atoms with E-state index in [9.17, 15) is 14.7 Å². The van der Waals surface area contributed by atoms with E-state index in [4.69, 9.17) is 4.74 Å². The van der Waals surface area contributed by atoms with Crippen LogP contribution in [0.4, 0.5) is 0 Å². The number of nitrogens with zero attached hydrogens (tertiary/aromatic N) is 2. The van der Waals surface area contributed by atoms with Gasteiger partial charge in [-0.1, -0.05) is 38.5 Å². The molecule has 0 aliphatic carbocycles. The fourth-order valence-corrected chi connectivity index (χ4v) is 2.57. The van der Waals surface area contributed by atoms with Crippen molar-refractivity contribution in [3.8, 4) is 0 Å². The molecule has 0 aromatic heterocycles. The number of hydrogen-bond acceptors (Lipinski definition) is 5. The normalized spacial score (nSPS) is 20.8. The van der Waals surface area contributed by atoms with Crippen LogP contribution in [0.3, 0.4) is 0 Å². The highest BCUT2D eigenvalue weighted by Crippen LogP contribution is 2.41. The summed E-state index contributed by atoms with van der Waals surface area (Å²) in [6, 6.07) is 7.04. The van der Waals surface area contributed by atoms with Gasteiger partial charge in [0.15, 0.2) is 11.4 Å². The molecule has 1 aromatic carbocycles. The van der Waals surface area contributed by atoms with Crippen molar-refractivity contribution < 1.29 is 19.4 Å². The number of benzene rings is 1. The summed E-state index contributed by atoms with van der Waals surface area (Å²) >= 11 is 0. The maximum Gasteiger partial charge on any atom is 0.354 e. The molecule has 130 valence electrons. The van der Waals surface area contributed by atoms with E-state index in [0.29, 0.717) is 5.56 Å². The highest BCUT2D eigenvalue weighted by atomic mass is 16.5. The highest BCUT2D eigenvalue weighted by Gasteiger charge is 2.54. The van der Waals surface area contributed by atoms with Crippen molar-refractivity contribution >= 4 is 17.6 Å². The Balaban J connectivity index is 2.45. The van der Waals surface area contributed by atoms with Gasteiger partial charge in [0.25, 0.3) is 5.91 Å². The number of carbonyl (C=O) groups is 2. The lowest BCUT2D eigenvalue weighted by atomic mass is 9.80. The number of amides is 1. The summed E-state index contributed by atoms with van der Waals surface area (Å²) in [5, 5.41) is 16.3. The van der Waals surface area contributed by atoms with Gasteiger partial charge in [-0.05, 0) is 26.0 Å². The van der Waals surface area contributed by atoms with Crippen LogP contribution in [0.5, 0.6) is 0 Å². The largest absolute Gasteiger partial charge is 0.461 e. The van der Waals surface area contributed by atoms with Crippen LogP contribution in [0.1, 0.15) is 50.0 Å². The number of hydrogen-bond donors (Lipinski definition) is 1. The van der Waals surface area contributed by atoms with Crippen LogP contribution in [-0.2, 0) is 9.53 Å². The first-order valence-corrected chi connectivity index (χ1v) is 7.98. The van der Waals surface area contributed by atoms with Gasteiger partial charge in [0.2, 0.25) is 0 Å². The van der Waals surface area contributed by atoms with Gasteiger partial charge >= 0.3 is 5.97 Å². The number of rotatable bonds is 3. The molecular weight excluding hydrogens is 308 g/mol. The van der Waals surface area contributed by atoms with E-state index in [1.807, 2.05) is 13.0 Å². The second-order valence-corrected chi connectivity index (χ2v) is 7.00. The van der Waals surface area contributed by atoms with Gasteiger partial charge in [-0.2, -0.15) is 10.1 Å². The zero-order valence-electron chi connectivity index (χ0n) is 14.8. The molecule has 0 saturated carbocycles. The van der Waals surface area contributed by atoms with E-state index in [1.165, 1.54) is 0 Å². The van der Waals surface area contributed by atoms with Crippen LogP contribution in [0.2, 0.25) is 0 Å². The summed E-state index contributed by atoms with van der Waals surface area (Å²) in [6.45, 7) is 9.17. The van der Waals surface area contributed by atoms with Crippen LogP contribution in [0.25, 0.3) is 0 Å². The van der Waals surface area contributed by atoms with E-state index >= 15 is 0 Å². The van der Waals surface area contributed by atoms with Crippen LogP contribution in [0.15, 0.2) is 29.4 Å². The Morgan fingerprint density at radius 3 is 2.58 bits per heavy atom. The molecule has 0 bridgehead atoms. The van der Waals surface area contributed by atoms with Gasteiger partial charge in [0.1, 0.15) is 0 Å². The summed E-state index contributed by atoms with van der Waals surface area (Å²) < 4.78 is 4.97. The van der Waals surface area contributed by atoms with Crippen LogP contribution < -0.4 is 0 Å². The Morgan fingerprint density at radius 1 is 1.38 bits per heavy atom. The Kier molecular flexibility index (Phi) is 4.80. The Labute approximate surface area is 142 Å². The fraction of sp³-hybridized carbons (Fsp3) is 0.500. The minimum absolute atomic E-state index is 0.0512. The minimum Gasteiger partial charge on any atom is -0.461 e. The number of aliphatic hydroxyl groups is 1. The van der Waals surface area contributed by atoms with Gasteiger partial charge in [0, 0.05) is 17.4 Å². The first-order valence-electron chi connectivity index (χ1n) is 7.98. The Morgan fingerprint density at radius 2 is 2.04 bits per heavy atom. The summed E-state index contributed by atoms with van der Waals surface area (Å²) in [4.78, 5) is 24.9. The van der Waals surface area contributed by atoms with Gasteiger partial charge in [-0.3, -0.25) is 4.79 Å². The second-order valence-electron chi connectivity index (χ2n) is 7.00. The topological polar surface area (TPSA) is 79.2 Å². The average Bonchev–Trinajstić information content (AvgIpc) is 2.86. The Hall–Kier alpha value is -2.21. The van der Waals surface area contributed by atoms with Gasteiger partial charge < -0.3 is 9.84 Å². The predicted molar refractivity (Wildman–Crippen MR) is 90.4 cm³/mol. The monoisotopic (exact) mass is 332 g/mol. The molecule has 0 fully saturated rings. The zero-order chi connectivity index (χ0) is 18.1. The zero-order valence-corrected chi connectivity index (χ0v) is 14.8. The van der Waals surface area contributed by atoms with Gasteiger partial charge in [-0.15, -0.1) is 0 Å². The lowest BCUT2D eigenvalue weighted by molar-refractivity contribution is -0.144. The predicted octanol–water partition coefficient (Wildman–Crippen LogP) is 2.49. The van der Waals surface area contributed by atoms with Crippen molar-refractivity contribution in [2.45, 2.75) is 46.8 Å². The lowest BCUT2D eigenvalue weighted by Crippen LogP contribution is -2.55. The third kappa shape index (κ3) is 3.19. The molecule has 1 aromatic rings. The molecule has 1 aliphatic heterocycles. The number of aryl methyl sites for hydroxylation is 1. The molecule has 2 rings (SSSR count). The summed E-state index contributed by atoms with van der Waals surface area (Å²) in [7, 11) is 0. The average molecular weight is 332 g/mol. The van der Waals surface area contributed by atoms with E-state index < -0.39 is 23.0 Å². The maximum atomic E-state index is 12.9. The fourth-order valence-electron chi connectivity index (χ4n) is 2.57. The SMILES string of the molecule is CCOC(=O)C1=NN(C(=O)c2cccc(C)c2)[C@@](O)(C(C)(C)C)C1. The van der Waals surface area contributed by atoms with E-state index in [-0.39, 0.29) is 18.7 Å². The standard InChI is InChI=1S/C18H24N2O4/c1-6-24-16(22)14-11-18(23,17(3,4)5)20(19-14)15(21)13-9-7-8-12(2)10-13/h7-10,23H,6,11H2,1-5H3/t18-/m0/s1. The summed E-state index contributed by atoms with van der Waals surface area (Å²) in [6.07, 6.45) is -0.0626. The molecule has 1 atom stereocenters. The molecular formula is C18H24N2O4. The van der Waals surface area contributed by atoms with Crippen molar-refractivity contribution in [2.75, 3.05) is 6.61 Å². The maximum absolute atomic E-state index is 12.9. The van der Waals surface area contributed by atoms with E-state index in [0.717, 1.165) is 10.6 Å².